The number of hydrogen-bond donors (Lipinski definition) is 1. The van der Waals surface area contributed by atoms with E-state index in [1.165, 1.54) is 0 Å². The number of carbonyl (C=O) groups is 1. The SMILES string of the molecule is C=CCOCC.CC(=O)O. The van der Waals surface area contributed by atoms with E-state index in [-0.39, 0.29) is 0 Å². The Hall–Kier alpha value is -0.830. The van der Waals surface area contributed by atoms with Gasteiger partial charge in [0.2, 0.25) is 0 Å². The Bertz CT molecular complexity index is 84.9. The molecule has 3 heteroatoms. The van der Waals surface area contributed by atoms with Crippen LogP contribution in [0.5, 0.6) is 0 Å². The molecule has 0 radical (unpaired) electrons. The molecule has 0 aromatic carbocycles. The van der Waals surface area contributed by atoms with Gasteiger partial charge in [-0.15, -0.1) is 6.58 Å². The van der Waals surface area contributed by atoms with Gasteiger partial charge in [0, 0.05) is 13.5 Å². The molecule has 0 rings (SSSR count). The van der Waals surface area contributed by atoms with Gasteiger partial charge in [0.25, 0.3) is 5.97 Å². The third kappa shape index (κ3) is 58.0. The fourth-order valence-electron chi connectivity index (χ4n) is 0.201. The molecule has 0 aliphatic rings. The average Bonchev–Trinajstić information content (AvgIpc) is 1.82. The van der Waals surface area contributed by atoms with Crippen molar-refractivity contribution in [3.63, 3.8) is 0 Å². The van der Waals surface area contributed by atoms with Gasteiger partial charge in [0.1, 0.15) is 0 Å². The second-order valence-electron chi connectivity index (χ2n) is 1.47. The first-order valence-corrected chi connectivity index (χ1v) is 3.03. The lowest BCUT2D eigenvalue weighted by Gasteiger charge is -1.88. The van der Waals surface area contributed by atoms with E-state index in [0.717, 1.165) is 13.5 Å². The van der Waals surface area contributed by atoms with Gasteiger partial charge >= 0.3 is 0 Å². The number of hydrogen-bond acceptors (Lipinski definition) is 2. The van der Waals surface area contributed by atoms with E-state index in [9.17, 15) is 0 Å². The monoisotopic (exact) mass is 146 g/mol. The third-order valence-corrected chi connectivity index (χ3v) is 0.440. The van der Waals surface area contributed by atoms with Gasteiger partial charge < -0.3 is 9.84 Å². The molecule has 0 spiro atoms. The number of aliphatic carboxylic acids is 1. The molecule has 0 fully saturated rings. The van der Waals surface area contributed by atoms with Crippen molar-refractivity contribution in [2.24, 2.45) is 0 Å². The highest BCUT2D eigenvalue weighted by Crippen LogP contribution is 1.69. The van der Waals surface area contributed by atoms with Crippen LogP contribution in [0.2, 0.25) is 0 Å². The molecule has 60 valence electrons. The van der Waals surface area contributed by atoms with Crippen molar-refractivity contribution in [1.82, 2.24) is 0 Å². The van der Waals surface area contributed by atoms with Crippen LogP contribution in [0.3, 0.4) is 0 Å². The Kier molecular flexibility index (Phi) is 13.1. The maximum atomic E-state index is 9.00. The molecule has 0 saturated carbocycles. The van der Waals surface area contributed by atoms with Crippen LogP contribution < -0.4 is 0 Å². The van der Waals surface area contributed by atoms with Gasteiger partial charge in [-0.05, 0) is 6.92 Å². The lowest BCUT2D eigenvalue weighted by molar-refractivity contribution is -0.134. The van der Waals surface area contributed by atoms with Gasteiger partial charge in [-0.1, -0.05) is 6.08 Å². The second-order valence-corrected chi connectivity index (χ2v) is 1.47. The van der Waals surface area contributed by atoms with Crippen molar-refractivity contribution in [3.05, 3.63) is 12.7 Å². The van der Waals surface area contributed by atoms with Crippen LogP contribution in [0.4, 0.5) is 0 Å². The van der Waals surface area contributed by atoms with Gasteiger partial charge in [0.15, 0.2) is 0 Å². The van der Waals surface area contributed by atoms with E-state index in [1.807, 2.05) is 6.92 Å². The van der Waals surface area contributed by atoms with E-state index >= 15 is 0 Å². The van der Waals surface area contributed by atoms with Crippen LogP contribution in [-0.2, 0) is 9.53 Å². The normalized spacial score (nSPS) is 7.40. The van der Waals surface area contributed by atoms with E-state index in [1.54, 1.807) is 6.08 Å². The first-order chi connectivity index (χ1) is 4.65. The highest BCUT2D eigenvalue weighted by Gasteiger charge is 1.67. The molecular formula is C7H14O3. The molecule has 0 saturated heterocycles. The standard InChI is InChI=1S/C5H10O.C2H4O2/c1-3-5-6-4-2;1-2(3)4/h3H,1,4-5H2,2H3;1H3,(H,3,4). The van der Waals surface area contributed by atoms with Crippen LogP contribution in [-0.4, -0.2) is 24.3 Å². The van der Waals surface area contributed by atoms with Crippen LogP contribution in [0.1, 0.15) is 13.8 Å². The van der Waals surface area contributed by atoms with E-state index < -0.39 is 5.97 Å². The van der Waals surface area contributed by atoms with Crippen molar-refractivity contribution in [1.29, 1.82) is 0 Å². The molecule has 0 aliphatic carbocycles. The third-order valence-electron chi connectivity index (χ3n) is 0.440. The summed E-state index contributed by atoms with van der Waals surface area (Å²) in [6.45, 7) is 7.98. The summed E-state index contributed by atoms with van der Waals surface area (Å²) in [7, 11) is 0. The van der Waals surface area contributed by atoms with Gasteiger partial charge in [0.05, 0.1) is 6.61 Å². The number of rotatable bonds is 3. The lowest BCUT2D eigenvalue weighted by Crippen LogP contribution is -1.86. The lowest BCUT2D eigenvalue weighted by atomic mass is 10.7. The van der Waals surface area contributed by atoms with Crippen molar-refractivity contribution in [2.45, 2.75) is 13.8 Å². The van der Waals surface area contributed by atoms with Gasteiger partial charge in [-0.25, -0.2) is 0 Å². The van der Waals surface area contributed by atoms with Crippen LogP contribution in [0, 0.1) is 0 Å². The van der Waals surface area contributed by atoms with Crippen LogP contribution in [0.15, 0.2) is 12.7 Å². The minimum absolute atomic E-state index is 0.677. The molecule has 10 heavy (non-hydrogen) atoms. The minimum atomic E-state index is -0.833. The first-order valence-electron chi connectivity index (χ1n) is 3.03. The van der Waals surface area contributed by atoms with Crippen molar-refractivity contribution in [2.75, 3.05) is 13.2 Å². The second kappa shape index (κ2) is 11.0. The Morgan fingerprint density at radius 3 is 2.30 bits per heavy atom. The molecule has 0 heterocycles. The zero-order valence-corrected chi connectivity index (χ0v) is 6.46. The minimum Gasteiger partial charge on any atom is -0.481 e. The molecule has 0 aliphatic heterocycles. The molecule has 0 unspecified atom stereocenters. The van der Waals surface area contributed by atoms with Gasteiger partial charge in [-0.3, -0.25) is 4.79 Å². The van der Waals surface area contributed by atoms with Crippen molar-refractivity contribution in [3.8, 4) is 0 Å². The maximum Gasteiger partial charge on any atom is 0.300 e. The molecule has 3 nitrogen and oxygen atoms in total. The Morgan fingerprint density at radius 2 is 2.20 bits per heavy atom. The molecule has 0 amide bonds. The average molecular weight is 146 g/mol. The molecule has 0 atom stereocenters. The fraction of sp³-hybridized carbons (Fsp3) is 0.571. The largest absolute Gasteiger partial charge is 0.481 e. The summed E-state index contributed by atoms with van der Waals surface area (Å²) in [5, 5.41) is 7.42. The summed E-state index contributed by atoms with van der Waals surface area (Å²) in [5.74, 6) is -0.833. The Balaban J connectivity index is 0. The predicted molar refractivity (Wildman–Crippen MR) is 40.0 cm³/mol. The summed E-state index contributed by atoms with van der Waals surface area (Å²) in [5.41, 5.74) is 0. The number of ether oxygens (including phenoxy) is 1. The van der Waals surface area contributed by atoms with E-state index in [4.69, 9.17) is 14.6 Å². The first kappa shape index (κ1) is 11.9. The zero-order valence-electron chi connectivity index (χ0n) is 6.46. The summed E-state index contributed by atoms with van der Waals surface area (Å²) in [4.78, 5) is 9.00. The number of carboxylic acids is 1. The number of carboxylic acid groups (broad SMARTS) is 1. The smallest absolute Gasteiger partial charge is 0.300 e. The quantitative estimate of drug-likeness (QED) is 0.482. The highest BCUT2D eigenvalue weighted by molar-refractivity contribution is 5.62. The molecule has 0 bridgehead atoms. The van der Waals surface area contributed by atoms with Crippen LogP contribution in [0.25, 0.3) is 0 Å². The summed E-state index contributed by atoms with van der Waals surface area (Å²) in [6, 6.07) is 0. The zero-order chi connectivity index (χ0) is 8.41. The Labute approximate surface area is 61.3 Å². The van der Waals surface area contributed by atoms with E-state index in [2.05, 4.69) is 6.58 Å². The van der Waals surface area contributed by atoms with Gasteiger partial charge in [-0.2, -0.15) is 0 Å². The summed E-state index contributed by atoms with van der Waals surface area (Å²) < 4.78 is 4.86. The molecule has 1 N–H and O–H groups in total. The summed E-state index contributed by atoms with van der Waals surface area (Å²) in [6.07, 6.45) is 1.74. The molecule has 0 aromatic rings. The molecule has 0 aromatic heterocycles. The summed E-state index contributed by atoms with van der Waals surface area (Å²) >= 11 is 0. The topological polar surface area (TPSA) is 46.5 Å². The molecular weight excluding hydrogens is 132 g/mol. The Morgan fingerprint density at radius 1 is 1.80 bits per heavy atom. The van der Waals surface area contributed by atoms with Crippen molar-refractivity contribution < 1.29 is 14.6 Å². The van der Waals surface area contributed by atoms with Crippen molar-refractivity contribution >= 4 is 5.97 Å². The highest BCUT2D eigenvalue weighted by atomic mass is 16.5. The van der Waals surface area contributed by atoms with E-state index in [0.29, 0.717) is 6.61 Å². The fourth-order valence-corrected chi connectivity index (χ4v) is 0.201. The predicted octanol–water partition coefficient (Wildman–Crippen LogP) is 1.30. The van der Waals surface area contributed by atoms with Crippen LogP contribution >= 0.6 is 0 Å². The maximum absolute atomic E-state index is 9.00.